The fourth-order valence-electron chi connectivity index (χ4n) is 2.66. The quantitative estimate of drug-likeness (QED) is 0.576. The van der Waals surface area contributed by atoms with Gasteiger partial charge in [-0.3, -0.25) is 0 Å². The summed E-state index contributed by atoms with van der Waals surface area (Å²) in [6, 6.07) is 14.8. The molecule has 4 aromatic rings. The lowest BCUT2D eigenvalue weighted by molar-refractivity contribution is 0.475. The van der Waals surface area contributed by atoms with Gasteiger partial charge in [0.25, 0.3) is 0 Å². The molecule has 0 amide bonds. The van der Waals surface area contributed by atoms with Gasteiger partial charge in [-0.2, -0.15) is 0 Å². The molecular formula is C19H14ClN3O. The number of hydrogen-bond donors (Lipinski definition) is 2. The summed E-state index contributed by atoms with van der Waals surface area (Å²) in [4.78, 5) is 12.3. The van der Waals surface area contributed by atoms with E-state index in [4.69, 9.17) is 11.6 Å². The highest BCUT2D eigenvalue weighted by atomic mass is 35.5. The number of H-pyrrole nitrogens is 1. The summed E-state index contributed by atoms with van der Waals surface area (Å²) in [6.45, 7) is 0. The van der Waals surface area contributed by atoms with E-state index in [9.17, 15) is 5.11 Å². The highest BCUT2D eigenvalue weighted by molar-refractivity contribution is 6.31. The Morgan fingerprint density at radius 2 is 1.88 bits per heavy atom. The molecule has 0 aliphatic heterocycles. The zero-order chi connectivity index (χ0) is 16.5. The number of nitrogens with zero attached hydrogens (tertiary/aromatic N) is 2. The number of aromatic hydroxyl groups is 1. The number of aromatic amines is 1. The Hall–Kier alpha value is -2.85. The van der Waals surface area contributed by atoms with Gasteiger partial charge in [0.05, 0.1) is 5.52 Å². The number of aromatic nitrogens is 3. The first-order chi connectivity index (χ1) is 11.7. The first kappa shape index (κ1) is 14.7. The van der Waals surface area contributed by atoms with Crippen LogP contribution < -0.4 is 0 Å². The van der Waals surface area contributed by atoms with E-state index in [1.807, 2.05) is 36.5 Å². The monoisotopic (exact) mass is 335 g/mol. The third-order valence-corrected chi connectivity index (χ3v) is 4.11. The number of rotatable bonds is 3. The van der Waals surface area contributed by atoms with Crippen LogP contribution in [-0.4, -0.2) is 20.1 Å². The van der Waals surface area contributed by atoms with E-state index in [0.29, 0.717) is 11.4 Å². The van der Waals surface area contributed by atoms with Crippen molar-refractivity contribution in [2.45, 2.75) is 6.42 Å². The molecule has 2 aromatic carbocycles. The number of fused-ring (bicyclic) bond motifs is 1. The molecule has 0 fully saturated rings. The molecule has 4 nitrogen and oxygen atoms in total. The smallest absolute Gasteiger partial charge is 0.133 e. The number of nitrogens with one attached hydrogen (secondary N) is 1. The largest absolute Gasteiger partial charge is 0.508 e. The molecule has 0 bridgehead atoms. The maximum absolute atomic E-state index is 9.37. The molecule has 0 aliphatic rings. The van der Waals surface area contributed by atoms with E-state index in [0.717, 1.165) is 33.5 Å². The third kappa shape index (κ3) is 2.96. The summed E-state index contributed by atoms with van der Waals surface area (Å²) in [5.41, 5.74) is 4.01. The van der Waals surface area contributed by atoms with Crippen LogP contribution in [0.5, 0.6) is 5.75 Å². The maximum atomic E-state index is 9.37. The van der Waals surface area contributed by atoms with E-state index in [-0.39, 0.29) is 5.75 Å². The SMILES string of the molecule is Oc1ccc(-c2cc(Cc3ncc4cc(Cl)ccc4n3)c[nH]2)cc1. The van der Waals surface area contributed by atoms with Crippen molar-refractivity contribution in [1.29, 1.82) is 0 Å². The Morgan fingerprint density at radius 1 is 1.04 bits per heavy atom. The second-order valence-corrected chi connectivity index (χ2v) is 6.07. The van der Waals surface area contributed by atoms with E-state index in [2.05, 4.69) is 21.0 Å². The van der Waals surface area contributed by atoms with Crippen LogP contribution >= 0.6 is 11.6 Å². The standard InChI is InChI=1S/C19H14ClN3O/c20-15-3-6-17-14(9-15)11-22-19(23-17)8-12-7-18(21-10-12)13-1-4-16(24)5-2-13/h1-7,9-11,21,24H,8H2. The van der Waals surface area contributed by atoms with Crippen molar-refractivity contribution in [3.63, 3.8) is 0 Å². The van der Waals surface area contributed by atoms with Crippen LogP contribution in [0.2, 0.25) is 5.02 Å². The topological polar surface area (TPSA) is 61.8 Å². The number of halogens is 1. The van der Waals surface area contributed by atoms with E-state index < -0.39 is 0 Å². The Morgan fingerprint density at radius 3 is 2.71 bits per heavy atom. The van der Waals surface area contributed by atoms with Crippen molar-refractivity contribution < 1.29 is 5.11 Å². The molecule has 0 saturated carbocycles. The number of phenols is 1. The van der Waals surface area contributed by atoms with E-state index in [1.54, 1.807) is 18.3 Å². The van der Waals surface area contributed by atoms with Gasteiger partial charge in [0.15, 0.2) is 0 Å². The van der Waals surface area contributed by atoms with Crippen LogP contribution in [0.1, 0.15) is 11.4 Å². The van der Waals surface area contributed by atoms with Crippen LogP contribution in [0, 0.1) is 0 Å². The molecule has 0 unspecified atom stereocenters. The number of hydrogen-bond acceptors (Lipinski definition) is 3. The summed E-state index contributed by atoms with van der Waals surface area (Å²) in [6.07, 6.45) is 4.40. The molecule has 24 heavy (non-hydrogen) atoms. The Bertz CT molecular complexity index is 1010. The zero-order valence-electron chi connectivity index (χ0n) is 12.7. The van der Waals surface area contributed by atoms with E-state index >= 15 is 0 Å². The Kier molecular flexibility index (Phi) is 3.67. The van der Waals surface area contributed by atoms with Gasteiger partial charge in [-0.05, 0) is 59.7 Å². The van der Waals surface area contributed by atoms with Gasteiger partial charge >= 0.3 is 0 Å². The fourth-order valence-corrected chi connectivity index (χ4v) is 2.84. The molecule has 2 heterocycles. The van der Waals surface area contributed by atoms with Crippen molar-refractivity contribution in [3.8, 4) is 17.0 Å². The number of benzene rings is 2. The fraction of sp³-hybridized carbons (Fsp3) is 0.0526. The van der Waals surface area contributed by atoms with Gasteiger partial charge in [-0.25, -0.2) is 9.97 Å². The van der Waals surface area contributed by atoms with Crippen molar-refractivity contribution in [2.75, 3.05) is 0 Å². The predicted octanol–water partition coefficient (Wildman–Crippen LogP) is 4.57. The van der Waals surface area contributed by atoms with Crippen molar-refractivity contribution in [2.24, 2.45) is 0 Å². The Balaban J connectivity index is 1.59. The van der Waals surface area contributed by atoms with Crippen molar-refractivity contribution in [1.82, 2.24) is 15.0 Å². The normalized spacial score (nSPS) is 11.0. The molecular weight excluding hydrogens is 322 g/mol. The van der Waals surface area contributed by atoms with Crippen LogP contribution in [0.4, 0.5) is 0 Å². The minimum absolute atomic E-state index is 0.259. The molecule has 2 aromatic heterocycles. The highest BCUT2D eigenvalue weighted by Gasteiger charge is 2.06. The van der Waals surface area contributed by atoms with Crippen LogP contribution in [0.15, 0.2) is 60.9 Å². The molecule has 0 atom stereocenters. The molecule has 0 saturated heterocycles. The van der Waals surface area contributed by atoms with Gasteiger partial charge in [0.1, 0.15) is 11.6 Å². The molecule has 5 heteroatoms. The number of phenolic OH excluding ortho intramolecular Hbond substituents is 1. The third-order valence-electron chi connectivity index (χ3n) is 3.88. The molecule has 4 rings (SSSR count). The van der Waals surface area contributed by atoms with Gasteiger partial charge in [0.2, 0.25) is 0 Å². The predicted molar refractivity (Wildman–Crippen MR) is 95.2 cm³/mol. The molecule has 0 spiro atoms. The molecule has 118 valence electrons. The summed E-state index contributed by atoms with van der Waals surface area (Å²) in [5, 5.41) is 11.0. The van der Waals surface area contributed by atoms with Crippen LogP contribution in [-0.2, 0) is 6.42 Å². The highest BCUT2D eigenvalue weighted by Crippen LogP contribution is 2.23. The maximum Gasteiger partial charge on any atom is 0.133 e. The lowest BCUT2D eigenvalue weighted by Crippen LogP contribution is -1.95. The second-order valence-electron chi connectivity index (χ2n) is 5.63. The minimum Gasteiger partial charge on any atom is -0.508 e. The average Bonchev–Trinajstić information content (AvgIpc) is 3.04. The average molecular weight is 336 g/mol. The van der Waals surface area contributed by atoms with Crippen LogP contribution in [0.25, 0.3) is 22.2 Å². The molecule has 2 N–H and O–H groups in total. The van der Waals surface area contributed by atoms with Crippen molar-refractivity contribution >= 4 is 22.5 Å². The lowest BCUT2D eigenvalue weighted by Gasteiger charge is -2.01. The summed E-state index contributed by atoms with van der Waals surface area (Å²) in [5.74, 6) is 1.02. The summed E-state index contributed by atoms with van der Waals surface area (Å²) in [7, 11) is 0. The van der Waals surface area contributed by atoms with E-state index in [1.165, 1.54) is 0 Å². The van der Waals surface area contributed by atoms with Gasteiger partial charge in [-0.1, -0.05) is 11.6 Å². The molecule has 0 aliphatic carbocycles. The Labute approximate surface area is 143 Å². The second kappa shape index (κ2) is 5.98. The summed E-state index contributed by atoms with van der Waals surface area (Å²) >= 11 is 5.98. The van der Waals surface area contributed by atoms with Crippen molar-refractivity contribution in [3.05, 3.63) is 77.3 Å². The van der Waals surface area contributed by atoms with Gasteiger partial charge in [-0.15, -0.1) is 0 Å². The lowest BCUT2D eigenvalue weighted by atomic mass is 10.1. The van der Waals surface area contributed by atoms with Gasteiger partial charge in [0, 0.05) is 34.9 Å². The minimum atomic E-state index is 0.259. The zero-order valence-corrected chi connectivity index (χ0v) is 13.5. The first-order valence-corrected chi connectivity index (χ1v) is 7.93. The molecule has 0 radical (unpaired) electrons. The van der Waals surface area contributed by atoms with Crippen LogP contribution in [0.3, 0.4) is 0 Å². The summed E-state index contributed by atoms with van der Waals surface area (Å²) < 4.78 is 0. The van der Waals surface area contributed by atoms with Gasteiger partial charge < -0.3 is 10.1 Å². The first-order valence-electron chi connectivity index (χ1n) is 7.55.